The monoisotopic (exact) mass is 275 g/mol. The van der Waals surface area contributed by atoms with Crippen molar-refractivity contribution in [2.45, 2.75) is 27.7 Å². The van der Waals surface area contributed by atoms with Gasteiger partial charge in [-0.05, 0) is 26.0 Å². The Morgan fingerprint density at radius 1 is 0.812 bits per heavy atom. The van der Waals surface area contributed by atoms with Gasteiger partial charge in [0.25, 0.3) is 0 Å². The molecule has 2 N–H and O–H groups in total. The van der Waals surface area contributed by atoms with E-state index >= 15 is 0 Å². The van der Waals surface area contributed by atoms with Gasteiger partial charge in [-0.25, -0.2) is 0 Å². The smallest absolute Gasteiger partial charge is 0.876 e. The van der Waals surface area contributed by atoms with Gasteiger partial charge < -0.3 is 15.7 Å². The van der Waals surface area contributed by atoms with Crippen LogP contribution in [0, 0.1) is 0 Å². The molecule has 0 heterocycles. The summed E-state index contributed by atoms with van der Waals surface area (Å²) in [6.07, 6.45) is 2.11. The van der Waals surface area contributed by atoms with Crippen molar-refractivity contribution in [3.8, 4) is 0 Å². The minimum absolute atomic E-state index is 0. The largest absolute Gasteiger partial charge is 2.00 e. The van der Waals surface area contributed by atoms with Crippen LogP contribution >= 0.6 is 0 Å². The Hall–Kier alpha value is -1.11. The van der Waals surface area contributed by atoms with Crippen LogP contribution < -0.4 is 10.2 Å². The van der Waals surface area contributed by atoms with Gasteiger partial charge in [0, 0.05) is 0 Å². The second-order valence-electron chi connectivity index (χ2n) is 2.73. The second-order valence-corrected chi connectivity index (χ2v) is 2.73. The van der Waals surface area contributed by atoms with Crippen molar-refractivity contribution in [1.29, 1.82) is 0 Å². The standard InChI is InChI=1S/2C5H8O2.Co.H2O/c2*1-4(6)3-5(2)7;;/h2*3,6H,1-2H3;;1H2/q;;+2;/p-2/b2*4-3-;;. The summed E-state index contributed by atoms with van der Waals surface area (Å²) in [6, 6.07) is 0. The van der Waals surface area contributed by atoms with E-state index in [0.29, 0.717) is 0 Å². The first-order valence-electron chi connectivity index (χ1n) is 3.97. The fraction of sp³-hybridized carbons (Fsp3) is 0.400. The SMILES string of the molecule is CC(=O)/C=C(/C)[O-].CC(=O)/C=C(/C)[O-].O.[Co+2]. The van der Waals surface area contributed by atoms with Crippen molar-refractivity contribution in [1.82, 2.24) is 0 Å². The van der Waals surface area contributed by atoms with Crippen LogP contribution in [0.15, 0.2) is 23.7 Å². The van der Waals surface area contributed by atoms with Gasteiger partial charge in [0.1, 0.15) is 0 Å². The Bertz CT molecular complexity index is 232. The average molecular weight is 275 g/mol. The molecule has 6 heteroatoms. The number of hydrogen-bond acceptors (Lipinski definition) is 4. The van der Waals surface area contributed by atoms with E-state index < -0.39 is 0 Å². The quantitative estimate of drug-likeness (QED) is 0.468. The van der Waals surface area contributed by atoms with Crippen LogP contribution in [0.5, 0.6) is 0 Å². The van der Waals surface area contributed by atoms with Gasteiger partial charge in [0.2, 0.25) is 0 Å². The maximum Gasteiger partial charge on any atom is 2.00 e. The van der Waals surface area contributed by atoms with Crippen molar-refractivity contribution in [3.63, 3.8) is 0 Å². The molecule has 0 aliphatic rings. The van der Waals surface area contributed by atoms with Gasteiger partial charge in [-0.1, -0.05) is 13.8 Å². The molecule has 0 atom stereocenters. The van der Waals surface area contributed by atoms with Gasteiger partial charge in [0.05, 0.1) is 0 Å². The molecule has 0 aliphatic heterocycles. The average Bonchev–Trinajstić information content (AvgIpc) is 1.79. The molecule has 0 aromatic rings. The Balaban J connectivity index is -0.0000000800. The Morgan fingerprint density at radius 2 is 1.00 bits per heavy atom. The molecule has 95 valence electrons. The van der Waals surface area contributed by atoms with E-state index in [9.17, 15) is 19.8 Å². The maximum absolute atomic E-state index is 9.98. The van der Waals surface area contributed by atoms with E-state index in [2.05, 4.69) is 0 Å². The number of carbonyl (C=O) groups is 2. The number of ketones is 2. The van der Waals surface area contributed by atoms with Gasteiger partial charge in [-0.2, -0.15) is 0 Å². The van der Waals surface area contributed by atoms with Gasteiger partial charge in [-0.3, -0.25) is 9.59 Å². The Labute approximate surface area is 105 Å². The summed E-state index contributed by atoms with van der Waals surface area (Å²) in [5.74, 6) is -0.750. The molecule has 0 bridgehead atoms. The maximum atomic E-state index is 9.98. The molecule has 0 unspecified atom stereocenters. The number of allylic oxidation sites excluding steroid dienone is 4. The molecule has 1 radical (unpaired) electrons. The molecule has 0 amide bonds. The first kappa shape index (κ1) is 24.2. The van der Waals surface area contributed by atoms with E-state index in [-0.39, 0.29) is 45.3 Å². The minimum atomic E-state index is -0.187. The predicted molar refractivity (Wildman–Crippen MR) is 52.5 cm³/mol. The first-order chi connectivity index (χ1) is 6.25. The van der Waals surface area contributed by atoms with Crippen molar-refractivity contribution >= 4 is 11.6 Å². The zero-order valence-corrected chi connectivity index (χ0v) is 10.7. The van der Waals surface area contributed by atoms with Crippen LogP contribution in [0.2, 0.25) is 0 Å². The van der Waals surface area contributed by atoms with Crippen molar-refractivity contribution in [2.75, 3.05) is 0 Å². The third-order valence-electron chi connectivity index (χ3n) is 0.813. The number of hydrogen-bond donors (Lipinski definition) is 0. The van der Waals surface area contributed by atoms with Crippen LogP contribution in [0.1, 0.15) is 27.7 Å². The fourth-order valence-corrected chi connectivity index (χ4v) is 0.572. The number of carbonyl (C=O) groups excluding carboxylic acids is 2. The summed E-state index contributed by atoms with van der Waals surface area (Å²) in [4.78, 5) is 20.0. The van der Waals surface area contributed by atoms with Crippen LogP contribution in [-0.2, 0) is 26.4 Å². The molecule has 0 spiro atoms. The predicted octanol–water partition coefficient (Wildman–Crippen LogP) is -1.15. The molecule has 16 heavy (non-hydrogen) atoms. The van der Waals surface area contributed by atoms with E-state index in [1.54, 1.807) is 0 Å². The summed E-state index contributed by atoms with van der Waals surface area (Å²) in [7, 11) is 0. The summed E-state index contributed by atoms with van der Waals surface area (Å²) in [6.45, 7) is 5.39. The molecule has 0 saturated heterocycles. The van der Waals surface area contributed by atoms with E-state index in [1.807, 2.05) is 0 Å². The summed E-state index contributed by atoms with van der Waals surface area (Å²) in [5, 5.41) is 20.0. The van der Waals surface area contributed by atoms with E-state index in [1.165, 1.54) is 27.7 Å². The van der Waals surface area contributed by atoms with E-state index in [4.69, 9.17) is 0 Å². The third-order valence-corrected chi connectivity index (χ3v) is 0.813. The summed E-state index contributed by atoms with van der Waals surface area (Å²) in [5.41, 5.74) is 0. The molecule has 0 aromatic carbocycles. The van der Waals surface area contributed by atoms with Crippen molar-refractivity contribution < 1.29 is 42.1 Å². The topological polar surface area (TPSA) is 112 Å². The minimum Gasteiger partial charge on any atom is -0.876 e. The Morgan fingerprint density at radius 3 is 1.00 bits per heavy atom. The first-order valence-corrected chi connectivity index (χ1v) is 3.97. The van der Waals surface area contributed by atoms with E-state index in [0.717, 1.165) is 12.2 Å². The Kier molecular flexibility index (Phi) is 21.0. The van der Waals surface area contributed by atoms with Crippen molar-refractivity contribution in [2.24, 2.45) is 0 Å². The molecule has 0 rings (SSSR count). The normalized spacial score (nSPS) is 10.0. The molecule has 0 saturated carbocycles. The summed E-state index contributed by atoms with van der Waals surface area (Å²) < 4.78 is 0. The zero-order valence-electron chi connectivity index (χ0n) is 9.62. The molecule has 5 nitrogen and oxygen atoms in total. The van der Waals surface area contributed by atoms with Crippen LogP contribution in [-0.4, -0.2) is 17.0 Å². The number of rotatable bonds is 2. The van der Waals surface area contributed by atoms with Crippen LogP contribution in [0.3, 0.4) is 0 Å². The second kappa shape index (κ2) is 13.9. The zero-order chi connectivity index (χ0) is 11.7. The fourth-order valence-electron chi connectivity index (χ4n) is 0.572. The molecule has 0 aliphatic carbocycles. The summed E-state index contributed by atoms with van der Waals surface area (Å²) >= 11 is 0. The molecular formula is C10H16CoO5. The van der Waals surface area contributed by atoms with Gasteiger partial charge >= 0.3 is 16.8 Å². The van der Waals surface area contributed by atoms with Crippen molar-refractivity contribution in [3.05, 3.63) is 23.7 Å². The van der Waals surface area contributed by atoms with Crippen LogP contribution in [0.25, 0.3) is 0 Å². The van der Waals surface area contributed by atoms with Crippen LogP contribution in [0.4, 0.5) is 0 Å². The van der Waals surface area contributed by atoms with Gasteiger partial charge in [0.15, 0.2) is 11.6 Å². The third kappa shape index (κ3) is 38.4. The molecular weight excluding hydrogens is 259 g/mol. The molecule has 0 fully saturated rings. The van der Waals surface area contributed by atoms with Gasteiger partial charge in [-0.15, -0.1) is 11.5 Å². The molecule has 0 aromatic heterocycles.